The normalized spacial score (nSPS) is 23.7. The number of benzene rings is 1. The molecule has 0 aromatic heterocycles. The van der Waals surface area contributed by atoms with Crippen LogP contribution in [0.2, 0.25) is 0 Å². The fourth-order valence-electron chi connectivity index (χ4n) is 2.81. The van der Waals surface area contributed by atoms with Crippen molar-refractivity contribution in [2.45, 2.75) is 57.1 Å². The van der Waals surface area contributed by atoms with E-state index in [1.165, 1.54) is 11.4 Å². The molecule has 1 aliphatic heterocycles. The van der Waals surface area contributed by atoms with Crippen LogP contribution in [0.25, 0.3) is 0 Å². The van der Waals surface area contributed by atoms with Crippen LogP contribution in [0.1, 0.15) is 40.2 Å². The van der Waals surface area contributed by atoms with Gasteiger partial charge in [-0.15, -0.1) is 0 Å². The Labute approximate surface area is 139 Å². The maximum atomic E-state index is 13.1. The van der Waals surface area contributed by atoms with E-state index in [1.54, 1.807) is 12.1 Å². The second-order valence-corrected chi connectivity index (χ2v) is 9.10. The second-order valence-electron chi connectivity index (χ2n) is 7.19. The van der Waals surface area contributed by atoms with Gasteiger partial charge in [-0.25, -0.2) is 8.42 Å². The smallest absolute Gasteiger partial charge is 0.246 e. The molecule has 2 rings (SSSR count). The monoisotopic (exact) mass is 341 g/mol. The quantitative estimate of drug-likeness (QED) is 0.848. The Morgan fingerprint density at radius 3 is 2.22 bits per heavy atom. The van der Waals surface area contributed by atoms with Gasteiger partial charge in [0.25, 0.3) is 0 Å². The number of hydrogen-bond acceptors (Lipinski definition) is 4. The Bertz CT molecular complexity index is 654. The number of methoxy groups -OCH3 is 1. The third-order valence-electron chi connectivity index (χ3n) is 4.03. The lowest BCUT2D eigenvalue weighted by Crippen LogP contribution is -2.48. The first-order valence-electron chi connectivity index (χ1n) is 7.90. The molecule has 0 amide bonds. The van der Waals surface area contributed by atoms with Crippen LogP contribution in [0, 0.1) is 0 Å². The Morgan fingerprint density at radius 2 is 1.74 bits per heavy atom. The maximum Gasteiger partial charge on any atom is 0.246 e. The van der Waals surface area contributed by atoms with E-state index in [-0.39, 0.29) is 22.5 Å². The molecule has 1 aromatic rings. The van der Waals surface area contributed by atoms with Gasteiger partial charge in [0, 0.05) is 13.1 Å². The van der Waals surface area contributed by atoms with Gasteiger partial charge in [-0.3, -0.25) is 0 Å². The number of morpholine rings is 1. The summed E-state index contributed by atoms with van der Waals surface area (Å²) in [5.74, 6) is 0.379. The molecule has 1 aliphatic rings. The zero-order valence-electron chi connectivity index (χ0n) is 14.8. The average molecular weight is 341 g/mol. The topological polar surface area (TPSA) is 55.8 Å². The van der Waals surface area contributed by atoms with Crippen molar-refractivity contribution < 1.29 is 17.9 Å². The number of ether oxygens (including phenoxy) is 2. The molecule has 0 saturated carbocycles. The summed E-state index contributed by atoms with van der Waals surface area (Å²) in [5.41, 5.74) is 0.827. The summed E-state index contributed by atoms with van der Waals surface area (Å²) < 4.78 is 38.7. The van der Waals surface area contributed by atoms with Crippen LogP contribution in [-0.2, 0) is 20.2 Å². The number of nitrogens with zero attached hydrogens (tertiary/aromatic N) is 1. The predicted molar refractivity (Wildman–Crippen MR) is 90.5 cm³/mol. The summed E-state index contributed by atoms with van der Waals surface area (Å²) in [6.07, 6.45) is -0.240. The molecule has 2 unspecified atom stereocenters. The minimum absolute atomic E-state index is 0.120. The molecule has 1 heterocycles. The van der Waals surface area contributed by atoms with Crippen molar-refractivity contribution in [1.29, 1.82) is 0 Å². The van der Waals surface area contributed by atoms with Crippen LogP contribution in [-0.4, -0.2) is 45.1 Å². The van der Waals surface area contributed by atoms with Crippen LogP contribution in [0.15, 0.2) is 23.1 Å². The Kier molecular flexibility index (Phi) is 5.09. The molecular weight excluding hydrogens is 314 g/mol. The third-order valence-corrected chi connectivity index (χ3v) is 5.89. The molecule has 130 valence electrons. The van der Waals surface area contributed by atoms with Gasteiger partial charge in [0.2, 0.25) is 10.0 Å². The molecule has 1 saturated heterocycles. The predicted octanol–water partition coefficient (Wildman–Crippen LogP) is 2.79. The van der Waals surface area contributed by atoms with E-state index in [1.807, 2.05) is 19.9 Å². The van der Waals surface area contributed by atoms with Gasteiger partial charge in [-0.1, -0.05) is 26.8 Å². The summed E-state index contributed by atoms with van der Waals surface area (Å²) in [7, 11) is -2.13. The first kappa shape index (κ1) is 18.2. The van der Waals surface area contributed by atoms with Crippen LogP contribution in [0.3, 0.4) is 0 Å². The standard InChI is InChI=1S/C17H27NO4S/c1-12-10-18(11-13(2)22-12)23(19,20)16-9-14(17(3,4)5)7-8-15(16)21-6/h7-9,12-13H,10-11H2,1-6H3. The van der Waals surface area contributed by atoms with Crippen LogP contribution >= 0.6 is 0 Å². The summed E-state index contributed by atoms with van der Waals surface area (Å²) in [5, 5.41) is 0. The molecule has 0 radical (unpaired) electrons. The van der Waals surface area contributed by atoms with Gasteiger partial charge in [0.15, 0.2) is 0 Å². The van der Waals surface area contributed by atoms with Crippen molar-refractivity contribution in [2.75, 3.05) is 20.2 Å². The van der Waals surface area contributed by atoms with Crippen molar-refractivity contribution in [3.05, 3.63) is 23.8 Å². The molecule has 0 N–H and O–H groups in total. The lowest BCUT2D eigenvalue weighted by Gasteiger charge is -2.34. The van der Waals surface area contributed by atoms with E-state index in [2.05, 4.69) is 20.8 Å². The molecule has 0 spiro atoms. The van der Waals surface area contributed by atoms with Gasteiger partial charge in [-0.2, -0.15) is 4.31 Å². The number of hydrogen-bond donors (Lipinski definition) is 0. The molecule has 2 atom stereocenters. The van der Waals surface area contributed by atoms with E-state index in [4.69, 9.17) is 9.47 Å². The maximum absolute atomic E-state index is 13.1. The highest BCUT2D eigenvalue weighted by molar-refractivity contribution is 7.89. The van der Waals surface area contributed by atoms with Crippen molar-refractivity contribution in [2.24, 2.45) is 0 Å². The van der Waals surface area contributed by atoms with Gasteiger partial charge in [-0.05, 0) is 37.0 Å². The van der Waals surface area contributed by atoms with Crippen molar-refractivity contribution in [3.8, 4) is 5.75 Å². The first-order chi connectivity index (χ1) is 10.6. The van der Waals surface area contributed by atoms with Crippen molar-refractivity contribution in [3.63, 3.8) is 0 Å². The molecule has 0 aliphatic carbocycles. The van der Waals surface area contributed by atoms with Crippen molar-refractivity contribution >= 4 is 10.0 Å². The van der Waals surface area contributed by atoms with Crippen molar-refractivity contribution in [1.82, 2.24) is 4.31 Å². The minimum Gasteiger partial charge on any atom is -0.495 e. The van der Waals surface area contributed by atoms with Gasteiger partial charge >= 0.3 is 0 Å². The summed E-state index contributed by atoms with van der Waals surface area (Å²) in [4.78, 5) is 0.230. The zero-order chi connectivity index (χ0) is 17.4. The Balaban J connectivity index is 2.49. The molecule has 1 aromatic carbocycles. The SMILES string of the molecule is COc1ccc(C(C)(C)C)cc1S(=O)(=O)N1CC(C)OC(C)C1. The molecule has 0 bridgehead atoms. The summed E-state index contributed by atoms with van der Waals surface area (Å²) >= 11 is 0. The molecule has 6 heteroatoms. The minimum atomic E-state index is -3.63. The molecular formula is C17H27NO4S. The van der Waals surface area contributed by atoms with Crippen LogP contribution in [0.4, 0.5) is 0 Å². The van der Waals surface area contributed by atoms with Gasteiger partial charge in [0.05, 0.1) is 19.3 Å². The van der Waals surface area contributed by atoms with E-state index in [0.29, 0.717) is 18.8 Å². The highest BCUT2D eigenvalue weighted by Gasteiger charge is 2.34. The Morgan fingerprint density at radius 1 is 1.17 bits per heavy atom. The summed E-state index contributed by atoms with van der Waals surface area (Å²) in [6, 6.07) is 5.39. The Hall–Kier alpha value is -1.11. The molecule has 5 nitrogen and oxygen atoms in total. The molecule has 23 heavy (non-hydrogen) atoms. The van der Waals surface area contributed by atoms with Gasteiger partial charge in [0.1, 0.15) is 10.6 Å². The lowest BCUT2D eigenvalue weighted by atomic mass is 9.87. The van der Waals surface area contributed by atoms with E-state index in [9.17, 15) is 8.42 Å². The fraction of sp³-hybridized carbons (Fsp3) is 0.647. The number of rotatable bonds is 3. The van der Waals surface area contributed by atoms with Crippen LogP contribution < -0.4 is 4.74 Å². The second kappa shape index (κ2) is 6.42. The largest absolute Gasteiger partial charge is 0.495 e. The summed E-state index contributed by atoms with van der Waals surface area (Å²) in [6.45, 7) is 10.7. The van der Waals surface area contributed by atoms with Crippen LogP contribution in [0.5, 0.6) is 5.75 Å². The fourth-order valence-corrected chi connectivity index (χ4v) is 4.58. The highest BCUT2D eigenvalue weighted by Crippen LogP contribution is 2.33. The zero-order valence-corrected chi connectivity index (χ0v) is 15.6. The van der Waals surface area contributed by atoms with E-state index in [0.717, 1.165) is 5.56 Å². The molecule has 1 fully saturated rings. The van der Waals surface area contributed by atoms with E-state index >= 15 is 0 Å². The third kappa shape index (κ3) is 3.87. The highest BCUT2D eigenvalue weighted by atomic mass is 32.2. The number of sulfonamides is 1. The first-order valence-corrected chi connectivity index (χ1v) is 9.34. The average Bonchev–Trinajstić information content (AvgIpc) is 2.44. The lowest BCUT2D eigenvalue weighted by molar-refractivity contribution is -0.0441. The van der Waals surface area contributed by atoms with Gasteiger partial charge < -0.3 is 9.47 Å². The van der Waals surface area contributed by atoms with E-state index < -0.39 is 10.0 Å².